The van der Waals surface area contributed by atoms with Crippen LogP contribution in [0.2, 0.25) is 0 Å². The molecule has 0 radical (unpaired) electrons. The number of aromatic carboxylic acids is 1. The second kappa shape index (κ2) is 4.90. The van der Waals surface area contributed by atoms with Gasteiger partial charge in [-0.2, -0.15) is 0 Å². The minimum absolute atomic E-state index is 0.236. The van der Waals surface area contributed by atoms with Crippen molar-refractivity contribution in [1.29, 1.82) is 0 Å². The maximum absolute atomic E-state index is 12.2. The lowest BCUT2D eigenvalue weighted by Crippen LogP contribution is -2.19. The lowest BCUT2D eigenvalue weighted by Gasteiger charge is -2.11. The van der Waals surface area contributed by atoms with Crippen LogP contribution >= 0.6 is 0 Å². The third-order valence-corrected chi connectivity index (χ3v) is 3.35. The van der Waals surface area contributed by atoms with Crippen LogP contribution in [-0.2, 0) is 6.54 Å². The summed E-state index contributed by atoms with van der Waals surface area (Å²) in [4.78, 5) is 27.8. The van der Waals surface area contributed by atoms with Crippen molar-refractivity contribution in [2.24, 2.45) is 0 Å². The lowest BCUT2D eigenvalue weighted by atomic mass is 10.2. The molecule has 6 heteroatoms. The van der Waals surface area contributed by atoms with E-state index in [9.17, 15) is 9.59 Å². The smallest absolute Gasteiger partial charge is 0.341 e. The zero-order valence-electron chi connectivity index (χ0n) is 11.4. The molecular weight excluding hydrogens is 270 g/mol. The van der Waals surface area contributed by atoms with E-state index in [1.165, 1.54) is 6.20 Å². The van der Waals surface area contributed by atoms with Gasteiger partial charge in [-0.1, -0.05) is 0 Å². The highest BCUT2D eigenvalue weighted by molar-refractivity contribution is 5.91. The topological polar surface area (TPSA) is 77.1 Å². The fourth-order valence-electron chi connectivity index (χ4n) is 2.28. The first kappa shape index (κ1) is 13.1. The molecule has 3 heterocycles. The highest BCUT2D eigenvalue weighted by Gasteiger charge is 2.15. The van der Waals surface area contributed by atoms with Crippen molar-refractivity contribution in [3.63, 3.8) is 0 Å². The fraction of sp³-hybridized carbons (Fsp3) is 0.133. The summed E-state index contributed by atoms with van der Waals surface area (Å²) < 4.78 is 3.50. The number of carboxylic acid groups (broad SMARTS) is 1. The van der Waals surface area contributed by atoms with Gasteiger partial charge in [0.25, 0.3) is 0 Å². The van der Waals surface area contributed by atoms with Gasteiger partial charge in [0.05, 0.1) is 5.39 Å². The number of hydrogen-bond donors (Lipinski definition) is 1. The number of aromatic nitrogens is 3. The van der Waals surface area contributed by atoms with E-state index in [0.29, 0.717) is 23.4 Å². The largest absolute Gasteiger partial charge is 0.477 e. The Labute approximate surface area is 119 Å². The van der Waals surface area contributed by atoms with Crippen LogP contribution < -0.4 is 5.43 Å². The first-order valence-electron chi connectivity index (χ1n) is 6.52. The highest BCUT2D eigenvalue weighted by atomic mass is 16.4. The van der Waals surface area contributed by atoms with E-state index in [1.54, 1.807) is 16.7 Å². The molecular formula is C15H13N3O3. The van der Waals surface area contributed by atoms with Gasteiger partial charge in [-0.15, -0.1) is 0 Å². The minimum atomic E-state index is -1.22. The molecule has 0 aliphatic carbocycles. The SMILES string of the molecule is CCn1cc(C(=O)O)c(=O)c2ccc(-n3cccc3)nc21. The Morgan fingerprint density at radius 1 is 1.29 bits per heavy atom. The highest BCUT2D eigenvalue weighted by Crippen LogP contribution is 2.14. The van der Waals surface area contributed by atoms with Gasteiger partial charge < -0.3 is 14.2 Å². The first-order valence-corrected chi connectivity index (χ1v) is 6.52. The fourth-order valence-corrected chi connectivity index (χ4v) is 2.28. The predicted octanol–water partition coefficient (Wildman–Crippen LogP) is 1.91. The molecule has 3 rings (SSSR count). The molecule has 0 saturated carbocycles. The van der Waals surface area contributed by atoms with Gasteiger partial charge >= 0.3 is 5.97 Å². The summed E-state index contributed by atoms with van der Waals surface area (Å²) in [7, 11) is 0. The van der Waals surface area contributed by atoms with E-state index < -0.39 is 11.4 Å². The molecule has 106 valence electrons. The Kier molecular flexibility index (Phi) is 3.06. The van der Waals surface area contributed by atoms with Crippen LogP contribution in [0.4, 0.5) is 0 Å². The molecule has 0 bridgehead atoms. The zero-order valence-corrected chi connectivity index (χ0v) is 11.4. The van der Waals surface area contributed by atoms with Crippen molar-refractivity contribution >= 4 is 17.0 Å². The summed E-state index contributed by atoms with van der Waals surface area (Å²) in [5, 5.41) is 9.42. The zero-order chi connectivity index (χ0) is 15.0. The van der Waals surface area contributed by atoms with Crippen LogP contribution in [0.15, 0.2) is 47.7 Å². The summed E-state index contributed by atoms with van der Waals surface area (Å²) in [6.07, 6.45) is 5.06. The van der Waals surface area contributed by atoms with Crippen molar-refractivity contribution in [2.75, 3.05) is 0 Å². The van der Waals surface area contributed by atoms with E-state index in [0.717, 1.165) is 0 Å². The molecule has 21 heavy (non-hydrogen) atoms. The number of nitrogens with zero attached hydrogens (tertiary/aromatic N) is 3. The van der Waals surface area contributed by atoms with Gasteiger partial charge in [0.1, 0.15) is 17.0 Å². The van der Waals surface area contributed by atoms with Crippen LogP contribution in [0, 0.1) is 0 Å². The monoisotopic (exact) mass is 283 g/mol. The number of carbonyl (C=O) groups is 1. The molecule has 0 unspecified atom stereocenters. The molecule has 0 aliphatic rings. The van der Waals surface area contributed by atoms with E-state index >= 15 is 0 Å². The first-order chi connectivity index (χ1) is 10.1. The quantitative estimate of drug-likeness (QED) is 0.796. The van der Waals surface area contributed by atoms with E-state index in [-0.39, 0.29) is 5.56 Å². The number of fused-ring (bicyclic) bond motifs is 1. The minimum Gasteiger partial charge on any atom is -0.477 e. The Morgan fingerprint density at radius 3 is 2.62 bits per heavy atom. The third kappa shape index (κ3) is 2.10. The molecule has 0 atom stereocenters. The van der Waals surface area contributed by atoms with Crippen molar-refractivity contribution in [3.8, 4) is 5.82 Å². The molecule has 0 aromatic carbocycles. The maximum Gasteiger partial charge on any atom is 0.341 e. The predicted molar refractivity (Wildman–Crippen MR) is 78.0 cm³/mol. The van der Waals surface area contributed by atoms with Gasteiger partial charge in [-0.3, -0.25) is 4.79 Å². The van der Waals surface area contributed by atoms with Gasteiger partial charge in [0.15, 0.2) is 0 Å². The summed E-state index contributed by atoms with van der Waals surface area (Å²) in [6.45, 7) is 2.40. The van der Waals surface area contributed by atoms with Crippen LogP contribution in [0.3, 0.4) is 0 Å². The van der Waals surface area contributed by atoms with Crippen molar-refractivity contribution in [1.82, 2.24) is 14.1 Å². The second-order valence-corrected chi connectivity index (χ2v) is 4.59. The molecule has 0 saturated heterocycles. The van der Waals surface area contributed by atoms with Crippen molar-refractivity contribution in [2.45, 2.75) is 13.5 Å². The summed E-state index contributed by atoms with van der Waals surface area (Å²) in [6, 6.07) is 7.09. The number of hydrogen-bond acceptors (Lipinski definition) is 3. The molecule has 0 amide bonds. The molecule has 1 N–H and O–H groups in total. The Morgan fingerprint density at radius 2 is 2.00 bits per heavy atom. The van der Waals surface area contributed by atoms with Crippen molar-refractivity contribution in [3.05, 3.63) is 58.6 Å². The molecule has 3 aromatic rings. The standard InChI is InChI=1S/C15H13N3O3/c1-2-17-9-11(15(20)21)13(19)10-5-6-12(16-14(10)17)18-7-3-4-8-18/h3-9H,2H2,1H3,(H,20,21). The number of rotatable bonds is 3. The molecule has 3 aromatic heterocycles. The van der Waals surface area contributed by atoms with E-state index in [1.807, 2.05) is 36.0 Å². The Bertz CT molecular complexity index is 879. The number of carboxylic acids is 1. The summed E-state index contributed by atoms with van der Waals surface area (Å²) in [5.74, 6) is -0.546. The van der Waals surface area contributed by atoms with Gasteiger partial charge in [0.2, 0.25) is 5.43 Å². The van der Waals surface area contributed by atoms with Gasteiger partial charge in [0, 0.05) is 25.1 Å². The van der Waals surface area contributed by atoms with Gasteiger partial charge in [-0.25, -0.2) is 9.78 Å². The molecule has 6 nitrogen and oxygen atoms in total. The normalized spacial score (nSPS) is 10.9. The maximum atomic E-state index is 12.2. The van der Waals surface area contributed by atoms with Crippen LogP contribution in [-0.4, -0.2) is 25.2 Å². The molecule has 0 aliphatic heterocycles. The van der Waals surface area contributed by atoms with Crippen molar-refractivity contribution < 1.29 is 9.90 Å². The third-order valence-electron chi connectivity index (χ3n) is 3.35. The summed E-state index contributed by atoms with van der Waals surface area (Å²) in [5.41, 5.74) is -0.257. The molecule has 0 fully saturated rings. The summed E-state index contributed by atoms with van der Waals surface area (Å²) >= 11 is 0. The van der Waals surface area contributed by atoms with Crippen LogP contribution in [0.25, 0.3) is 16.9 Å². The Balaban J connectivity index is 2.34. The molecule has 0 spiro atoms. The van der Waals surface area contributed by atoms with E-state index in [4.69, 9.17) is 5.11 Å². The van der Waals surface area contributed by atoms with Crippen LogP contribution in [0.1, 0.15) is 17.3 Å². The van der Waals surface area contributed by atoms with Crippen LogP contribution in [0.5, 0.6) is 0 Å². The second-order valence-electron chi connectivity index (χ2n) is 4.59. The number of aryl methyl sites for hydroxylation is 1. The Hall–Kier alpha value is -2.89. The number of pyridine rings is 2. The van der Waals surface area contributed by atoms with E-state index in [2.05, 4.69) is 4.98 Å². The average Bonchev–Trinajstić information content (AvgIpc) is 3.01. The average molecular weight is 283 g/mol. The lowest BCUT2D eigenvalue weighted by molar-refractivity contribution is 0.0695. The van der Waals surface area contributed by atoms with Gasteiger partial charge in [-0.05, 0) is 31.2 Å².